The first-order valence-corrected chi connectivity index (χ1v) is 7.48. The van der Waals surface area contributed by atoms with Gasteiger partial charge in [-0.2, -0.15) is 10.4 Å². The second-order valence-corrected chi connectivity index (χ2v) is 5.55. The fourth-order valence-electron chi connectivity index (χ4n) is 2.36. The van der Waals surface area contributed by atoms with Crippen molar-refractivity contribution in [3.63, 3.8) is 0 Å². The van der Waals surface area contributed by atoms with Gasteiger partial charge in [-0.25, -0.2) is 14.6 Å². The van der Waals surface area contributed by atoms with Gasteiger partial charge in [0.05, 0.1) is 27.0 Å². The Kier molecular flexibility index (Phi) is 2.92. The second-order valence-electron chi connectivity index (χ2n) is 4.66. The Morgan fingerprint density at radius 1 is 1.09 bits per heavy atom. The van der Waals surface area contributed by atoms with Gasteiger partial charge < -0.3 is 0 Å². The topological polar surface area (TPSA) is 67.4 Å². The van der Waals surface area contributed by atoms with Crippen molar-refractivity contribution >= 4 is 21.6 Å². The summed E-state index contributed by atoms with van der Waals surface area (Å²) in [7, 11) is 0. The number of nitriles is 1. The molecule has 0 amide bonds. The molecule has 0 radical (unpaired) electrons. The molecule has 2 heterocycles. The van der Waals surface area contributed by atoms with Crippen LogP contribution in [0.1, 0.15) is 5.56 Å². The van der Waals surface area contributed by atoms with Crippen molar-refractivity contribution in [2.24, 2.45) is 0 Å². The number of benzene rings is 2. The monoisotopic (exact) mass is 303 g/mol. The Morgan fingerprint density at radius 2 is 2.00 bits per heavy atom. The molecule has 5 nitrogen and oxygen atoms in total. The lowest BCUT2D eigenvalue weighted by Gasteiger charge is -2.07. The number of thiazole rings is 1. The standard InChI is InChI=1S/C16H9N5S/c17-8-12-3-1-2-4-14(12)21-16(18-9-20-21)11-5-6-15-13(7-11)19-10-22-15/h1-7,9-10H. The van der Waals surface area contributed by atoms with Gasteiger partial charge in [0.1, 0.15) is 12.4 Å². The van der Waals surface area contributed by atoms with Gasteiger partial charge >= 0.3 is 0 Å². The number of hydrogen-bond donors (Lipinski definition) is 0. The van der Waals surface area contributed by atoms with Gasteiger partial charge in [0.15, 0.2) is 5.82 Å². The lowest BCUT2D eigenvalue weighted by atomic mass is 10.1. The Hall–Kier alpha value is -3.04. The molecular weight excluding hydrogens is 294 g/mol. The molecule has 0 bridgehead atoms. The summed E-state index contributed by atoms with van der Waals surface area (Å²) in [6.07, 6.45) is 1.49. The molecule has 0 fully saturated rings. The van der Waals surface area contributed by atoms with Gasteiger partial charge in [0.25, 0.3) is 0 Å². The predicted octanol–water partition coefficient (Wildman–Crippen LogP) is 3.42. The van der Waals surface area contributed by atoms with Crippen molar-refractivity contribution in [2.45, 2.75) is 0 Å². The van der Waals surface area contributed by atoms with E-state index in [9.17, 15) is 5.26 Å². The van der Waals surface area contributed by atoms with Crippen LogP contribution >= 0.6 is 11.3 Å². The molecule has 0 saturated carbocycles. The first kappa shape index (κ1) is 12.7. The number of rotatable bonds is 2. The minimum Gasteiger partial charge on any atom is -0.245 e. The third-order valence-electron chi connectivity index (χ3n) is 3.39. The first-order chi connectivity index (χ1) is 10.9. The molecule has 2 aromatic carbocycles. The number of hydrogen-bond acceptors (Lipinski definition) is 5. The summed E-state index contributed by atoms with van der Waals surface area (Å²) in [5, 5.41) is 13.5. The van der Waals surface area contributed by atoms with Crippen LogP contribution in [0.5, 0.6) is 0 Å². The molecule has 4 rings (SSSR count). The number of nitrogens with zero attached hydrogens (tertiary/aromatic N) is 5. The lowest BCUT2D eigenvalue weighted by molar-refractivity contribution is 0.884. The van der Waals surface area contributed by atoms with Crippen LogP contribution in [0.4, 0.5) is 0 Å². The van der Waals surface area contributed by atoms with Crippen molar-refractivity contribution in [1.82, 2.24) is 19.7 Å². The van der Waals surface area contributed by atoms with Gasteiger partial charge in [0, 0.05) is 5.56 Å². The van der Waals surface area contributed by atoms with E-state index in [4.69, 9.17) is 0 Å². The molecule has 0 aliphatic rings. The molecule has 6 heteroatoms. The number of para-hydroxylation sites is 1. The predicted molar refractivity (Wildman–Crippen MR) is 84.7 cm³/mol. The summed E-state index contributed by atoms with van der Waals surface area (Å²) in [5.41, 5.74) is 4.96. The highest BCUT2D eigenvalue weighted by Crippen LogP contribution is 2.26. The van der Waals surface area contributed by atoms with Crippen LogP contribution < -0.4 is 0 Å². The molecule has 4 aromatic rings. The van der Waals surface area contributed by atoms with E-state index in [2.05, 4.69) is 21.1 Å². The third kappa shape index (κ3) is 1.96. The van der Waals surface area contributed by atoms with Gasteiger partial charge in [-0.15, -0.1) is 11.3 Å². The van der Waals surface area contributed by atoms with E-state index in [1.165, 1.54) is 6.33 Å². The summed E-state index contributed by atoms with van der Waals surface area (Å²) in [6.45, 7) is 0. The minimum atomic E-state index is 0.559. The highest BCUT2D eigenvalue weighted by atomic mass is 32.1. The molecule has 0 saturated heterocycles. The van der Waals surface area contributed by atoms with Crippen molar-refractivity contribution in [3.8, 4) is 23.1 Å². The maximum absolute atomic E-state index is 9.27. The Balaban J connectivity index is 1.91. The van der Waals surface area contributed by atoms with Crippen molar-refractivity contribution in [2.75, 3.05) is 0 Å². The molecule has 0 unspecified atom stereocenters. The maximum Gasteiger partial charge on any atom is 0.163 e. The van der Waals surface area contributed by atoms with Crippen LogP contribution in [-0.2, 0) is 0 Å². The fourth-order valence-corrected chi connectivity index (χ4v) is 3.02. The van der Waals surface area contributed by atoms with Gasteiger partial charge in [-0.3, -0.25) is 0 Å². The third-order valence-corrected chi connectivity index (χ3v) is 4.20. The zero-order chi connectivity index (χ0) is 14.9. The Morgan fingerprint density at radius 3 is 2.91 bits per heavy atom. The van der Waals surface area contributed by atoms with E-state index in [-0.39, 0.29) is 0 Å². The van der Waals surface area contributed by atoms with Gasteiger partial charge in [0.2, 0.25) is 0 Å². The zero-order valence-corrected chi connectivity index (χ0v) is 12.2. The molecule has 104 valence electrons. The van der Waals surface area contributed by atoms with E-state index in [1.54, 1.807) is 22.1 Å². The van der Waals surface area contributed by atoms with Crippen LogP contribution in [-0.4, -0.2) is 19.7 Å². The van der Waals surface area contributed by atoms with Crippen LogP contribution in [0.3, 0.4) is 0 Å². The van der Waals surface area contributed by atoms with E-state index in [0.717, 1.165) is 21.5 Å². The molecular formula is C16H9N5S. The molecule has 22 heavy (non-hydrogen) atoms. The average Bonchev–Trinajstić information content (AvgIpc) is 3.22. The number of aromatic nitrogens is 4. The van der Waals surface area contributed by atoms with Crippen molar-refractivity contribution < 1.29 is 0 Å². The normalized spacial score (nSPS) is 10.7. The quantitative estimate of drug-likeness (QED) is 0.569. The number of fused-ring (bicyclic) bond motifs is 1. The summed E-state index contributed by atoms with van der Waals surface area (Å²) in [4.78, 5) is 8.68. The van der Waals surface area contributed by atoms with Crippen LogP contribution in [0, 0.1) is 11.3 Å². The van der Waals surface area contributed by atoms with Gasteiger partial charge in [-0.05, 0) is 30.3 Å². The SMILES string of the molecule is N#Cc1ccccc1-n1ncnc1-c1ccc2scnc2c1. The summed E-state index contributed by atoms with van der Waals surface area (Å²) in [5.74, 6) is 0.692. The average molecular weight is 303 g/mol. The van der Waals surface area contributed by atoms with E-state index < -0.39 is 0 Å². The smallest absolute Gasteiger partial charge is 0.163 e. The van der Waals surface area contributed by atoms with Gasteiger partial charge in [-0.1, -0.05) is 12.1 Å². The van der Waals surface area contributed by atoms with Crippen LogP contribution in [0.15, 0.2) is 54.3 Å². The molecule has 0 N–H and O–H groups in total. The van der Waals surface area contributed by atoms with E-state index in [1.807, 2.05) is 41.9 Å². The van der Waals surface area contributed by atoms with Crippen LogP contribution in [0.2, 0.25) is 0 Å². The highest BCUT2D eigenvalue weighted by molar-refractivity contribution is 7.16. The van der Waals surface area contributed by atoms with Crippen LogP contribution in [0.25, 0.3) is 27.3 Å². The van der Waals surface area contributed by atoms with E-state index >= 15 is 0 Å². The first-order valence-electron chi connectivity index (χ1n) is 6.60. The van der Waals surface area contributed by atoms with E-state index in [0.29, 0.717) is 11.4 Å². The molecule has 2 aromatic heterocycles. The summed E-state index contributed by atoms with van der Waals surface area (Å²) >= 11 is 1.60. The molecule has 0 atom stereocenters. The van der Waals surface area contributed by atoms with Crippen molar-refractivity contribution in [3.05, 3.63) is 59.9 Å². The Bertz CT molecular complexity index is 1010. The molecule has 0 aliphatic heterocycles. The fraction of sp³-hybridized carbons (Fsp3) is 0. The lowest BCUT2D eigenvalue weighted by Crippen LogP contribution is -2.02. The highest BCUT2D eigenvalue weighted by Gasteiger charge is 2.13. The maximum atomic E-state index is 9.27. The Labute approximate surface area is 130 Å². The molecule has 0 aliphatic carbocycles. The summed E-state index contributed by atoms with van der Waals surface area (Å²) in [6, 6.07) is 15.5. The molecule has 0 spiro atoms. The van der Waals surface area contributed by atoms with Crippen molar-refractivity contribution in [1.29, 1.82) is 5.26 Å². The summed E-state index contributed by atoms with van der Waals surface area (Å²) < 4.78 is 2.82. The minimum absolute atomic E-state index is 0.559. The second kappa shape index (κ2) is 5.06. The largest absolute Gasteiger partial charge is 0.245 e. The zero-order valence-electron chi connectivity index (χ0n) is 11.3.